The minimum atomic E-state index is 1.01. The lowest BCUT2D eigenvalue weighted by molar-refractivity contribution is 1.49. The van der Waals surface area contributed by atoms with Gasteiger partial charge in [-0.05, 0) is 69.4 Å². The van der Waals surface area contributed by atoms with Gasteiger partial charge < -0.3 is 0 Å². The van der Waals surface area contributed by atoms with E-state index in [0.717, 1.165) is 43.6 Å². The molecule has 2 nitrogen and oxygen atoms in total. The largest absolute Gasteiger partial charge is 0.248 e. The van der Waals surface area contributed by atoms with E-state index in [4.69, 9.17) is 9.97 Å². The summed E-state index contributed by atoms with van der Waals surface area (Å²) in [5.74, 6) is 0. The van der Waals surface area contributed by atoms with E-state index in [0.29, 0.717) is 0 Å². The van der Waals surface area contributed by atoms with Crippen LogP contribution in [0.3, 0.4) is 0 Å². The predicted molar refractivity (Wildman–Crippen MR) is 160 cm³/mol. The van der Waals surface area contributed by atoms with Crippen molar-refractivity contribution in [3.05, 3.63) is 133 Å². The van der Waals surface area contributed by atoms with E-state index in [2.05, 4.69) is 121 Å². The van der Waals surface area contributed by atoms with Crippen LogP contribution in [0.1, 0.15) is 0 Å². The first-order valence-corrected chi connectivity index (χ1v) is 12.9. The summed E-state index contributed by atoms with van der Waals surface area (Å²) in [6.07, 6.45) is 0. The molecule has 176 valence electrons. The summed E-state index contributed by atoms with van der Waals surface area (Å²) in [7, 11) is 0. The molecular weight excluding hydrogens is 460 g/mol. The quantitative estimate of drug-likeness (QED) is 0.229. The van der Waals surface area contributed by atoms with E-state index in [-0.39, 0.29) is 0 Å². The van der Waals surface area contributed by atoms with E-state index < -0.39 is 0 Å². The second-order valence-electron chi connectivity index (χ2n) is 9.82. The van der Waals surface area contributed by atoms with Gasteiger partial charge in [-0.25, -0.2) is 9.97 Å². The molecule has 2 heteroatoms. The van der Waals surface area contributed by atoms with E-state index in [1.54, 1.807) is 0 Å². The van der Waals surface area contributed by atoms with Crippen molar-refractivity contribution >= 4 is 54.4 Å². The topological polar surface area (TPSA) is 25.8 Å². The lowest BCUT2D eigenvalue weighted by Crippen LogP contribution is -1.92. The third-order valence-electron chi connectivity index (χ3n) is 7.61. The Morgan fingerprint density at radius 3 is 1.53 bits per heavy atom. The number of nitrogens with zero attached hydrogens (tertiary/aromatic N) is 2. The summed E-state index contributed by atoms with van der Waals surface area (Å²) >= 11 is 0. The van der Waals surface area contributed by atoms with Gasteiger partial charge >= 0.3 is 0 Å². The van der Waals surface area contributed by atoms with Crippen molar-refractivity contribution in [1.82, 2.24) is 9.97 Å². The fourth-order valence-corrected chi connectivity index (χ4v) is 5.84. The minimum absolute atomic E-state index is 1.01. The molecule has 0 saturated heterocycles. The minimum Gasteiger partial charge on any atom is -0.248 e. The van der Waals surface area contributed by atoms with E-state index in [1.165, 1.54) is 33.0 Å². The molecule has 0 aliphatic carbocycles. The number of para-hydroxylation sites is 2. The van der Waals surface area contributed by atoms with Crippen LogP contribution in [0.2, 0.25) is 0 Å². The summed E-state index contributed by atoms with van der Waals surface area (Å²) in [6.45, 7) is 0. The average Bonchev–Trinajstić information content (AvgIpc) is 2.98. The monoisotopic (exact) mass is 482 g/mol. The van der Waals surface area contributed by atoms with E-state index in [9.17, 15) is 0 Å². The first-order chi connectivity index (χ1) is 18.8. The van der Waals surface area contributed by atoms with Gasteiger partial charge in [-0.1, -0.05) is 97.1 Å². The smallest absolute Gasteiger partial charge is 0.0715 e. The Kier molecular flexibility index (Phi) is 4.55. The van der Waals surface area contributed by atoms with Crippen molar-refractivity contribution in [1.29, 1.82) is 0 Å². The molecule has 0 bridgehead atoms. The Labute approximate surface area is 219 Å². The summed E-state index contributed by atoms with van der Waals surface area (Å²) in [5.41, 5.74) is 8.85. The molecule has 0 atom stereocenters. The SMILES string of the molecule is c1ccc2nc3cccc(-c4ccc5ccccc5c4-c4cccc5nc6ccccc6cc45)c3cc2c1. The van der Waals surface area contributed by atoms with Crippen LogP contribution in [0, 0.1) is 0 Å². The Balaban J connectivity index is 1.51. The second-order valence-corrected chi connectivity index (χ2v) is 9.82. The van der Waals surface area contributed by atoms with Crippen LogP contribution in [0.15, 0.2) is 133 Å². The molecule has 0 fully saturated rings. The summed E-state index contributed by atoms with van der Waals surface area (Å²) < 4.78 is 0. The maximum atomic E-state index is 5.02. The van der Waals surface area contributed by atoms with E-state index in [1.807, 2.05) is 12.1 Å². The number of aromatic nitrogens is 2. The van der Waals surface area contributed by atoms with Crippen molar-refractivity contribution < 1.29 is 0 Å². The van der Waals surface area contributed by atoms with Crippen LogP contribution in [0.5, 0.6) is 0 Å². The second kappa shape index (κ2) is 8.22. The van der Waals surface area contributed by atoms with Crippen molar-refractivity contribution in [2.45, 2.75) is 0 Å². The fraction of sp³-hybridized carbons (Fsp3) is 0. The highest BCUT2D eigenvalue weighted by atomic mass is 14.7. The molecule has 2 aromatic heterocycles. The van der Waals surface area contributed by atoms with Crippen LogP contribution in [0.4, 0.5) is 0 Å². The van der Waals surface area contributed by atoms with Gasteiger partial charge in [-0.2, -0.15) is 0 Å². The molecule has 2 heterocycles. The van der Waals surface area contributed by atoms with Crippen LogP contribution in [-0.2, 0) is 0 Å². The van der Waals surface area contributed by atoms with Gasteiger partial charge in [0.2, 0.25) is 0 Å². The van der Waals surface area contributed by atoms with Gasteiger partial charge in [0.05, 0.1) is 22.1 Å². The molecule has 8 rings (SSSR count). The van der Waals surface area contributed by atoms with Crippen LogP contribution >= 0.6 is 0 Å². The van der Waals surface area contributed by atoms with Gasteiger partial charge in [0, 0.05) is 21.5 Å². The molecule has 0 N–H and O–H groups in total. The van der Waals surface area contributed by atoms with Crippen molar-refractivity contribution in [3.8, 4) is 22.3 Å². The molecule has 0 saturated carbocycles. The number of hydrogen-bond donors (Lipinski definition) is 0. The van der Waals surface area contributed by atoms with Gasteiger partial charge in [-0.15, -0.1) is 0 Å². The molecule has 0 radical (unpaired) electrons. The lowest BCUT2D eigenvalue weighted by atomic mass is 9.86. The molecule has 0 amide bonds. The lowest BCUT2D eigenvalue weighted by Gasteiger charge is -2.17. The maximum Gasteiger partial charge on any atom is 0.0715 e. The normalized spacial score (nSPS) is 11.7. The highest BCUT2D eigenvalue weighted by molar-refractivity contribution is 6.14. The van der Waals surface area contributed by atoms with Crippen LogP contribution in [-0.4, -0.2) is 9.97 Å². The molecule has 0 aliphatic heterocycles. The molecule has 6 aromatic carbocycles. The third kappa shape index (κ3) is 3.21. The van der Waals surface area contributed by atoms with Gasteiger partial charge in [0.1, 0.15) is 0 Å². The van der Waals surface area contributed by atoms with Crippen LogP contribution < -0.4 is 0 Å². The first kappa shape index (κ1) is 21.0. The van der Waals surface area contributed by atoms with E-state index >= 15 is 0 Å². The molecule has 8 aromatic rings. The number of hydrogen-bond acceptors (Lipinski definition) is 2. The zero-order valence-electron chi connectivity index (χ0n) is 20.6. The number of pyridine rings is 2. The van der Waals surface area contributed by atoms with Crippen LogP contribution in [0.25, 0.3) is 76.6 Å². The fourth-order valence-electron chi connectivity index (χ4n) is 5.84. The van der Waals surface area contributed by atoms with Gasteiger partial charge in [0.15, 0.2) is 0 Å². The Bertz CT molecular complexity index is 2190. The molecule has 0 unspecified atom stereocenters. The van der Waals surface area contributed by atoms with Crippen molar-refractivity contribution in [2.75, 3.05) is 0 Å². The number of rotatable bonds is 2. The molecule has 38 heavy (non-hydrogen) atoms. The number of benzene rings is 6. The maximum absolute atomic E-state index is 5.02. The summed E-state index contributed by atoms with van der Waals surface area (Å²) in [5, 5.41) is 7.07. The highest BCUT2D eigenvalue weighted by Crippen LogP contribution is 2.43. The number of fused-ring (bicyclic) bond motifs is 5. The Morgan fingerprint density at radius 2 is 0.842 bits per heavy atom. The predicted octanol–water partition coefficient (Wildman–Crippen LogP) is 9.58. The first-order valence-electron chi connectivity index (χ1n) is 12.9. The zero-order chi connectivity index (χ0) is 25.1. The zero-order valence-corrected chi connectivity index (χ0v) is 20.6. The standard InChI is InChI=1S/C36H22N2/c1-4-12-26-23(9-1)19-20-29(27-13-7-17-34-30(27)21-24-10-2-5-15-32(24)37-34)36(26)28-14-8-18-35-31(28)22-25-11-3-6-16-33(25)38-35/h1-22H. The summed E-state index contributed by atoms with van der Waals surface area (Å²) in [6, 6.07) is 47.4. The van der Waals surface area contributed by atoms with Gasteiger partial charge in [0.25, 0.3) is 0 Å². The molecular formula is C36H22N2. The highest BCUT2D eigenvalue weighted by Gasteiger charge is 2.17. The molecule has 0 aliphatic rings. The third-order valence-corrected chi connectivity index (χ3v) is 7.61. The Hall–Kier alpha value is -5.08. The summed E-state index contributed by atoms with van der Waals surface area (Å²) in [4.78, 5) is 10.0. The Morgan fingerprint density at radius 1 is 0.316 bits per heavy atom. The van der Waals surface area contributed by atoms with Gasteiger partial charge in [-0.3, -0.25) is 0 Å². The molecule has 0 spiro atoms. The average molecular weight is 483 g/mol. The van der Waals surface area contributed by atoms with Crippen molar-refractivity contribution in [2.24, 2.45) is 0 Å². The van der Waals surface area contributed by atoms with Crippen molar-refractivity contribution in [3.63, 3.8) is 0 Å².